The maximum absolute atomic E-state index is 11.2. The SMILES string of the molecule is CC(=O)CNC(=O)CC1CCCC1. The Hall–Kier alpha value is -0.860. The molecule has 1 saturated carbocycles. The zero-order chi connectivity index (χ0) is 9.68. The van der Waals surface area contributed by atoms with Crippen LogP contribution in [0.2, 0.25) is 0 Å². The second-order valence-corrected chi connectivity index (χ2v) is 3.83. The maximum atomic E-state index is 11.2. The highest BCUT2D eigenvalue weighted by Gasteiger charge is 2.18. The highest BCUT2D eigenvalue weighted by molar-refractivity contribution is 5.84. The molecule has 0 unspecified atom stereocenters. The van der Waals surface area contributed by atoms with Gasteiger partial charge in [0.15, 0.2) is 0 Å². The van der Waals surface area contributed by atoms with Gasteiger partial charge in [-0.3, -0.25) is 9.59 Å². The lowest BCUT2D eigenvalue weighted by Crippen LogP contribution is -2.29. The van der Waals surface area contributed by atoms with Crippen LogP contribution in [-0.4, -0.2) is 18.2 Å². The Kier molecular flexibility index (Phi) is 3.93. The lowest BCUT2D eigenvalue weighted by Gasteiger charge is -2.07. The molecule has 74 valence electrons. The summed E-state index contributed by atoms with van der Waals surface area (Å²) in [5.74, 6) is 0.605. The lowest BCUT2D eigenvalue weighted by molar-refractivity contribution is -0.125. The van der Waals surface area contributed by atoms with E-state index in [9.17, 15) is 9.59 Å². The molecule has 0 heterocycles. The van der Waals surface area contributed by atoms with Crippen molar-refractivity contribution in [2.45, 2.75) is 39.0 Å². The Morgan fingerprint density at radius 3 is 2.46 bits per heavy atom. The summed E-state index contributed by atoms with van der Waals surface area (Å²) in [4.78, 5) is 21.8. The standard InChI is InChI=1S/C10H17NO2/c1-8(12)7-11-10(13)6-9-4-2-3-5-9/h9H,2-7H2,1H3,(H,11,13). The van der Waals surface area contributed by atoms with Crippen LogP contribution in [0.3, 0.4) is 0 Å². The van der Waals surface area contributed by atoms with Gasteiger partial charge in [-0.15, -0.1) is 0 Å². The van der Waals surface area contributed by atoms with E-state index in [0.717, 1.165) is 0 Å². The van der Waals surface area contributed by atoms with Gasteiger partial charge in [-0.2, -0.15) is 0 Å². The van der Waals surface area contributed by atoms with Crippen LogP contribution in [0.4, 0.5) is 0 Å². The second kappa shape index (κ2) is 5.00. The zero-order valence-corrected chi connectivity index (χ0v) is 8.14. The smallest absolute Gasteiger partial charge is 0.220 e. The summed E-state index contributed by atoms with van der Waals surface area (Å²) in [6.45, 7) is 1.67. The number of Topliss-reactive ketones (excluding diaryl/α,β-unsaturated/α-hetero) is 1. The highest BCUT2D eigenvalue weighted by atomic mass is 16.2. The van der Waals surface area contributed by atoms with E-state index in [0.29, 0.717) is 12.3 Å². The molecule has 3 heteroatoms. The summed E-state index contributed by atoms with van der Waals surface area (Å²) in [7, 11) is 0. The van der Waals surface area contributed by atoms with Crippen molar-refractivity contribution in [1.29, 1.82) is 0 Å². The molecule has 1 aliphatic carbocycles. The van der Waals surface area contributed by atoms with Gasteiger partial charge in [0.05, 0.1) is 6.54 Å². The predicted octanol–water partition coefficient (Wildman–Crippen LogP) is 1.27. The number of rotatable bonds is 4. The molecule has 0 bridgehead atoms. The molecule has 13 heavy (non-hydrogen) atoms. The minimum atomic E-state index is 0.0137. The lowest BCUT2D eigenvalue weighted by atomic mass is 10.0. The number of nitrogens with one attached hydrogen (secondary N) is 1. The van der Waals surface area contributed by atoms with Crippen LogP contribution >= 0.6 is 0 Å². The van der Waals surface area contributed by atoms with Gasteiger partial charge in [0.25, 0.3) is 0 Å². The van der Waals surface area contributed by atoms with Crippen molar-refractivity contribution in [3.05, 3.63) is 0 Å². The van der Waals surface area contributed by atoms with E-state index in [2.05, 4.69) is 5.32 Å². The Bertz CT molecular complexity index is 195. The predicted molar refractivity (Wildman–Crippen MR) is 50.3 cm³/mol. The van der Waals surface area contributed by atoms with E-state index in [1.165, 1.54) is 32.6 Å². The average molecular weight is 183 g/mol. The molecule has 0 aromatic rings. The first-order valence-electron chi connectivity index (χ1n) is 4.94. The van der Waals surface area contributed by atoms with Crippen molar-refractivity contribution in [3.63, 3.8) is 0 Å². The third-order valence-electron chi connectivity index (χ3n) is 2.48. The Labute approximate surface area is 78.9 Å². The zero-order valence-electron chi connectivity index (χ0n) is 8.14. The van der Waals surface area contributed by atoms with Crippen molar-refractivity contribution < 1.29 is 9.59 Å². The molecule has 1 amide bonds. The normalized spacial score (nSPS) is 17.3. The number of hydrogen-bond donors (Lipinski definition) is 1. The summed E-state index contributed by atoms with van der Waals surface area (Å²) in [5, 5.41) is 2.62. The first-order chi connectivity index (χ1) is 6.18. The number of hydrogen-bond acceptors (Lipinski definition) is 2. The monoisotopic (exact) mass is 183 g/mol. The fourth-order valence-corrected chi connectivity index (χ4v) is 1.77. The number of amides is 1. The van der Waals surface area contributed by atoms with Crippen LogP contribution in [0.15, 0.2) is 0 Å². The van der Waals surface area contributed by atoms with Crippen LogP contribution in [0, 0.1) is 5.92 Å². The van der Waals surface area contributed by atoms with Crippen molar-refractivity contribution in [3.8, 4) is 0 Å². The molecule has 0 aromatic carbocycles. The molecular formula is C10H17NO2. The molecule has 0 aromatic heterocycles. The average Bonchev–Trinajstić information content (AvgIpc) is 2.53. The molecule has 1 rings (SSSR count). The molecule has 0 aliphatic heterocycles. The number of carbonyl (C=O) groups excluding carboxylic acids is 2. The molecular weight excluding hydrogens is 166 g/mol. The molecule has 0 radical (unpaired) electrons. The van der Waals surface area contributed by atoms with Gasteiger partial charge in [-0.25, -0.2) is 0 Å². The summed E-state index contributed by atoms with van der Waals surface area (Å²) in [6, 6.07) is 0. The number of ketones is 1. The van der Waals surface area contributed by atoms with Crippen LogP contribution in [0.25, 0.3) is 0 Å². The van der Waals surface area contributed by atoms with E-state index >= 15 is 0 Å². The summed E-state index contributed by atoms with van der Waals surface area (Å²) >= 11 is 0. The third kappa shape index (κ3) is 4.06. The first kappa shape index (κ1) is 10.2. The van der Waals surface area contributed by atoms with Crippen LogP contribution in [0.5, 0.6) is 0 Å². The van der Waals surface area contributed by atoms with Crippen molar-refractivity contribution in [1.82, 2.24) is 5.32 Å². The van der Waals surface area contributed by atoms with Gasteiger partial charge in [0.2, 0.25) is 5.91 Å². The van der Waals surface area contributed by atoms with Gasteiger partial charge >= 0.3 is 0 Å². The summed E-state index contributed by atoms with van der Waals surface area (Å²) < 4.78 is 0. The summed E-state index contributed by atoms with van der Waals surface area (Å²) in [5.41, 5.74) is 0. The van der Waals surface area contributed by atoms with Crippen LogP contribution < -0.4 is 5.32 Å². The molecule has 3 nitrogen and oxygen atoms in total. The van der Waals surface area contributed by atoms with Gasteiger partial charge in [0, 0.05) is 6.42 Å². The topological polar surface area (TPSA) is 46.2 Å². The minimum absolute atomic E-state index is 0.0137. The van der Waals surface area contributed by atoms with E-state index in [-0.39, 0.29) is 18.2 Å². The fourth-order valence-electron chi connectivity index (χ4n) is 1.77. The molecule has 1 fully saturated rings. The molecule has 0 spiro atoms. The van der Waals surface area contributed by atoms with Gasteiger partial charge in [-0.1, -0.05) is 12.8 Å². The van der Waals surface area contributed by atoms with Gasteiger partial charge < -0.3 is 5.32 Å². The van der Waals surface area contributed by atoms with Crippen molar-refractivity contribution in [2.24, 2.45) is 5.92 Å². The fraction of sp³-hybridized carbons (Fsp3) is 0.800. The van der Waals surface area contributed by atoms with Crippen molar-refractivity contribution >= 4 is 11.7 Å². The Morgan fingerprint density at radius 1 is 1.31 bits per heavy atom. The van der Waals surface area contributed by atoms with Gasteiger partial charge in [-0.05, 0) is 25.7 Å². The van der Waals surface area contributed by atoms with E-state index < -0.39 is 0 Å². The van der Waals surface area contributed by atoms with Crippen molar-refractivity contribution in [2.75, 3.05) is 6.54 Å². The van der Waals surface area contributed by atoms with Gasteiger partial charge in [0.1, 0.15) is 5.78 Å². The largest absolute Gasteiger partial charge is 0.349 e. The summed E-state index contributed by atoms with van der Waals surface area (Å²) in [6.07, 6.45) is 5.46. The van der Waals surface area contributed by atoms with E-state index in [1.807, 2.05) is 0 Å². The molecule has 1 N–H and O–H groups in total. The van der Waals surface area contributed by atoms with Crippen LogP contribution in [0.1, 0.15) is 39.0 Å². The Morgan fingerprint density at radius 2 is 1.92 bits per heavy atom. The number of carbonyl (C=O) groups is 2. The quantitative estimate of drug-likeness (QED) is 0.713. The highest BCUT2D eigenvalue weighted by Crippen LogP contribution is 2.27. The molecule has 0 saturated heterocycles. The first-order valence-corrected chi connectivity index (χ1v) is 4.94. The molecule has 1 aliphatic rings. The molecule has 0 atom stereocenters. The van der Waals surface area contributed by atoms with E-state index in [4.69, 9.17) is 0 Å². The van der Waals surface area contributed by atoms with Crippen LogP contribution in [-0.2, 0) is 9.59 Å². The van der Waals surface area contributed by atoms with E-state index in [1.54, 1.807) is 0 Å². The second-order valence-electron chi connectivity index (χ2n) is 3.83. The Balaban J connectivity index is 2.13. The third-order valence-corrected chi connectivity index (χ3v) is 2.48. The minimum Gasteiger partial charge on any atom is -0.349 e. The maximum Gasteiger partial charge on any atom is 0.220 e.